The molecular formula is C26H24N2O5S. The Bertz CT molecular complexity index is 1170. The Kier molecular flexibility index (Phi) is 7.21. The standard InChI is InChI=1S/C26H24N2O5S/c1-3-7-19-16-34-25-22(27-21(29)14-17-8-5-4-6-9-17)24(30)28(25)23(19)26(31)33-15-18-10-12-20(32-2)13-11-18/h4-13,22,25H,1,14-16H2,2H3,(H,27,29)/t22-,25?/m1/s1. The van der Waals surface area contributed by atoms with Crippen molar-refractivity contribution in [2.75, 3.05) is 12.9 Å². The molecule has 2 atom stereocenters. The van der Waals surface area contributed by atoms with Gasteiger partial charge in [-0.15, -0.1) is 17.5 Å². The molecule has 0 radical (unpaired) electrons. The van der Waals surface area contributed by atoms with Gasteiger partial charge in [0, 0.05) is 11.3 Å². The number of allylic oxidation sites excluding steroid dienone is 1. The fraction of sp³-hybridized carbons (Fsp3) is 0.231. The molecule has 1 unspecified atom stereocenters. The molecule has 2 aromatic rings. The summed E-state index contributed by atoms with van der Waals surface area (Å²) in [6, 6.07) is 15.8. The number of amides is 2. The number of carbonyl (C=O) groups excluding carboxylic acids is 3. The molecule has 0 aliphatic carbocycles. The van der Waals surface area contributed by atoms with Crippen LogP contribution in [0.1, 0.15) is 11.1 Å². The van der Waals surface area contributed by atoms with Crippen molar-refractivity contribution in [3.63, 3.8) is 0 Å². The van der Waals surface area contributed by atoms with E-state index in [1.807, 2.05) is 30.3 Å². The van der Waals surface area contributed by atoms with Crippen LogP contribution in [-0.4, -0.2) is 47.0 Å². The van der Waals surface area contributed by atoms with E-state index in [1.165, 1.54) is 16.7 Å². The van der Waals surface area contributed by atoms with E-state index in [0.717, 1.165) is 11.1 Å². The first-order valence-corrected chi connectivity index (χ1v) is 11.7. The highest BCUT2D eigenvalue weighted by Crippen LogP contribution is 2.41. The minimum Gasteiger partial charge on any atom is -0.497 e. The number of benzene rings is 2. The first kappa shape index (κ1) is 23.4. The number of thioether (sulfide) groups is 1. The van der Waals surface area contributed by atoms with Gasteiger partial charge in [-0.3, -0.25) is 14.5 Å². The molecular weight excluding hydrogens is 452 g/mol. The van der Waals surface area contributed by atoms with Crippen LogP contribution in [0.2, 0.25) is 0 Å². The lowest BCUT2D eigenvalue weighted by atomic mass is 10.0. The Hall–Kier alpha value is -3.74. The lowest BCUT2D eigenvalue weighted by Crippen LogP contribution is -2.70. The number of fused-ring (bicyclic) bond motifs is 1. The van der Waals surface area contributed by atoms with Crippen LogP contribution in [0.25, 0.3) is 0 Å². The van der Waals surface area contributed by atoms with Gasteiger partial charge >= 0.3 is 5.97 Å². The van der Waals surface area contributed by atoms with Crippen molar-refractivity contribution in [3.05, 3.63) is 95.4 Å². The first-order valence-electron chi connectivity index (χ1n) is 10.7. The van der Waals surface area contributed by atoms with Gasteiger partial charge in [-0.1, -0.05) is 49.0 Å². The van der Waals surface area contributed by atoms with Gasteiger partial charge in [0.2, 0.25) is 5.91 Å². The van der Waals surface area contributed by atoms with E-state index in [9.17, 15) is 14.4 Å². The number of nitrogens with zero attached hydrogens (tertiary/aromatic N) is 1. The number of methoxy groups -OCH3 is 1. The molecule has 8 heteroatoms. The van der Waals surface area contributed by atoms with Crippen LogP contribution < -0.4 is 10.1 Å². The molecule has 4 rings (SSSR count). The normalized spacial score (nSPS) is 18.9. The van der Waals surface area contributed by atoms with Gasteiger partial charge in [0.15, 0.2) is 0 Å². The third-order valence-corrected chi connectivity index (χ3v) is 6.82. The third kappa shape index (κ3) is 4.93. The molecule has 1 N–H and O–H groups in total. The highest BCUT2D eigenvalue weighted by atomic mass is 32.2. The second-order valence-electron chi connectivity index (χ2n) is 7.76. The van der Waals surface area contributed by atoms with Crippen molar-refractivity contribution in [2.24, 2.45) is 0 Å². The molecule has 0 bridgehead atoms. The number of hydrogen-bond acceptors (Lipinski definition) is 6. The Labute approximate surface area is 202 Å². The van der Waals surface area contributed by atoms with Gasteiger partial charge < -0.3 is 14.8 Å². The third-order valence-electron chi connectivity index (χ3n) is 5.52. The first-order chi connectivity index (χ1) is 16.5. The van der Waals surface area contributed by atoms with Crippen LogP contribution in [0.4, 0.5) is 0 Å². The molecule has 0 spiro atoms. The van der Waals surface area contributed by atoms with Crippen molar-refractivity contribution in [1.82, 2.24) is 10.2 Å². The smallest absolute Gasteiger partial charge is 0.355 e. The summed E-state index contributed by atoms with van der Waals surface area (Å²) < 4.78 is 10.7. The molecule has 0 aromatic heterocycles. The van der Waals surface area contributed by atoms with Crippen LogP contribution in [0, 0.1) is 0 Å². The monoisotopic (exact) mass is 476 g/mol. The zero-order chi connectivity index (χ0) is 24.1. The number of esters is 1. The van der Waals surface area contributed by atoms with E-state index < -0.39 is 12.0 Å². The topological polar surface area (TPSA) is 84.9 Å². The SMILES string of the molecule is C=C=CC1=C(C(=O)OCc2ccc(OC)cc2)N2C(=O)[C@@H](NC(=O)Cc3ccccc3)C2SC1. The molecule has 2 aromatic carbocycles. The Balaban J connectivity index is 1.44. The number of ether oxygens (including phenoxy) is 2. The molecule has 2 amide bonds. The summed E-state index contributed by atoms with van der Waals surface area (Å²) in [7, 11) is 1.58. The van der Waals surface area contributed by atoms with Crippen LogP contribution in [-0.2, 0) is 32.1 Å². The summed E-state index contributed by atoms with van der Waals surface area (Å²) in [5.74, 6) is -0.0197. The molecule has 2 aliphatic heterocycles. The summed E-state index contributed by atoms with van der Waals surface area (Å²) in [5, 5.41) is 2.44. The second kappa shape index (κ2) is 10.5. The average Bonchev–Trinajstić information content (AvgIpc) is 2.86. The van der Waals surface area contributed by atoms with E-state index in [1.54, 1.807) is 37.5 Å². The zero-order valence-electron chi connectivity index (χ0n) is 18.7. The predicted octanol–water partition coefficient (Wildman–Crippen LogP) is 2.98. The minimum atomic E-state index is -0.695. The van der Waals surface area contributed by atoms with E-state index in [-0.39, 0.29) is 35.9 Å². The quantitative estimate of drug-likeness (QED) is 0.358. The fourth-order valence-electron chi connectivity index (χ4n) is 3.81. The molecule has 34 heavy (non-hydrogen) atoms. The van der Waals surface area contributed by atoms with Crippen LogP contribution in [0.3, 0.4) is 0 Å². The molecule has 2 aliphatic rings. The molecule has 2 heterocycles. The summed E-state index contributed by atoms with van der Waals surface area (Å²) in [6.45, 7) is 3.64. The lowest BCUT2D eigenvalue weighted by Gasteiger charge is -2.49. The van der Waals surface area contributed by atoms with E-state index in [2.05, 4.69) is 17.6 Å². The van der Waals surface area contributed by atoms with Gasteiger partial charge in [0.25, 0.3) is 5.91 Å². The van der Waals surface area contributed by atoms with Gasteiger partial charge in [-0.2, -0.15) is 0 Å². The van der Waals surface area contributed by atoms with E-state index >= 15 is 0 Å². The van der Waals surface area contributed by atoms with Crippen molar-refractivity contribution < 1.29 is 23.9 Å². The summed E-state index contributed by atoms with van der Waals surface area (Å²) in [6.07, 6.45) is 1.76. The van der Waals surface area contributed by atoms with E-state index in [0.29, 0.717) is 17.1 Å². The molecule has 174 valence electrons. The number of carbonyl (C=O) groups is 3. The van der Waals surface area contributed by atoms with Crippen LogP contribution in [0.15, 0.2) is 84.3 Å². The second-order valence-corrected chi connectivity index (χ2v) is 8.87. The molecule has 1 fully saturated rings. The number of hydrogen-bond donors (Lipinski definition) is 1. The predicted molar refractivity (Wildman–Crippen MR) is 129 cm³/mol. The van der Waals surface area contributed by atoms with Gasteiger partial charge in [-0.25, -0.2) is 4.79 Å². The van der Waals surface area contributed by atoms with Gasteiger partial charge in [0.1, 0.15) is 29.5 Å². The lowest BCUT2D eigenvalue weighted by molar-refractivity contribution is -0.153. The Morgan fingerprint density at radius 2 is 1.91 bits per heavy atom. The van der Waals surface area contributed by atoms with Gasteiger partial charge in [-0.05, 0) is 29.3 Å². The van der Waals surface area contributed by atoms with Crippen LogP contribution in [0.5, 0.6) is 5.75 Å². The van der Waals surface area contributed by atoms with Crippen LogP contribution >= 0.6 is 11.8 Å². The maximum absolute atomic E-state index is 13.0. The molecule has 0 saturated carbocycles. The van der Waals surface area contributed by atoms with Crippen molar-refractivity contribution >= 4 is 29.5 Å². The molecule has 7 nitrogen and oxygen atoms in total. The molecule has 1 saturated heterocycles. The number of rotatable bonds is 8. The minimum absolute atomic E-state index is 0.0501. The van der Waals surface area contributed by atoms with Crippen molar-refractivity contribution in [2.45, 2.75) is 24.4 Å². The summed E-state index contributed by atoms with van der Waals surface area (Å²) in [5.41, 5.74) is 5.11. The average molecular weight is 477 g/mol. The maximum atomic E-state index is 13.0. The Morgan fingerprint density at radius 3 is 2.59 bits per heavy atom. The van der Waals surface area contributed by atoms with Crippen molar-refractivity contribution in [3.8, 4) is 5.75 Å². The number of β-lactam (4-membered cyclic amide) rings is 1. The maximum Gasteiger partial charge on any atom is 0.355 e. The Morgan fingerprint density at radius 1 is 1.18 bits per heavy atom. The largest absolute Gasteiger partial charge is 0.497 e. The number of nitrogens with one attached hydrogen (secondary N) is 1. The zero-order valence-corrected chi connectivity index (χ0v) is 19.5. The fourth-order valence-corrected chi connectivity index (χ4v) is 5.12. The highest BCUT2D eigenvalue weighted by Gasteiger charge is 2.54. The summed E-state index contributed by atoms with van der Waals surface area (Å²) >= 11 is 1.47. The van der Waals surface area contributed by atoms with Gasteiger partial charge in [0.05, 0.1) is 13.5 Å². The van der Waals surface area contributed by atoms with Crippen molar-refractivity contribution in [1.29, 1.82) is 0 Å². The van der Waals surface area contributed by atoms with E-state index in [4.69, 9.17) is 9.47 Å². The summed E-state index contributed by atoms with van der Waals surface area (Å²) in [4.78, 5) is 39.9. The highest BCUT2D eigenvalue weighted by molar-refractivity contribution is 8.00.